The van der Waals surface area contributed by atoms with Crippen LogP contribution in [0.4, 0.5) is 5.82 Å². The molecule has 4 atom stereocenters. The summed E-state index contributed by atoms with van der Waals surface area (Å²) in [6.07, 6.45) is 1.75. The highest BCUT2D eigenvalue weighted by Gasteiger charge is 2.45. The van der Waals surface area contributed by atoms with Crippen LogP contribution in [0.5, 0.6) is 11.5 Å². The molecule has 56 heavy (non-hydrogen) atoms. The van der Waals surface area contributed by atoms with E-state index in [1.807, 2.05) is 59.2 Å². The third-order valence-electron chi connectivity index (χ3n) is 9.70. The Hall–Kier alpha value is -5.00. The first kappa shape index (κ1) is 40.7. The Labute approximate surface area is 328 Å². The molecule has 0 aliphatic carbocycles. The average Bonchev–Trinajstić information content (AvgIpc) is 3.80. The van der Waals surface area contributed by atoms with Crippen molar-refractivity contribution in [2.75, 3.05) is 25.2 Å². The van der Waals surface area contributed by atoms with E-state index in [2.05, 4.69) is 53.4 Å². The summed E-state index contributed by atoms with van der Waals surface area (Å²) in [5.41, 5.74) is 2.01. The molecule has 1 fully saturated rings. The molecule has 3 aromatic carbocycles. The monoisotopic (exact) mass is 781 g/mol. The summed E-state index contributed by atoms with van der Waals surface area (Å²) in [7, 11) is -0.0293. The zero-order valence-electron chi connectivity index (χ0n) is 32.4. The molecule has 294 valence electrons. The lowest BCUT2D eigenvalue weighted by atomic mass is 9.80. The summed E-state index contributed by atoms with van der Waals surface area (Å²) in [6.45, 7) is 10.0. The average molecular weight is 782 g/mol. The number of hydrogen-bond donors (Lipinski definition) is 2. The SMILES string of the molecule is CC(=O)N(C)c1ncnc2c1ncn2[C@H]1C[C@H](OP(OCCC#N)N(C(C)C)C(C)C)[C@@H](COC(c2ccccc2)(c2ccc(O)cc2)c2ccc(O)cc2)O1. The van der Waals surface area contributed by atoms with Gasteiger partial charge in [0.15, 0.2) is 17.0 Å². The molecule has 0 bridgehead atoms. The van der Waals surface area contributed by atoms with Gasteiger partial charge in [-0.25, -0.2) is 19.6 Å². The summed E-state index contributed by atoms with van der Waals surface area (Å²) in [4.78, 5) is 27.2. The van der Waals surface area contributed by atoms with Crippen LogP contribution in [0.1, 0.15) is 70.4 Å². The molecular weight excluding hydrogens is 733 g/mol. The molecule has 15 heteroatoms. The van der Waals surface area contributed by atoms with Crippen LogP contribution >= 0.6 is 8.53 Å². The van der Waals surface area contributed by atoms with Gasteiger partial charge in [0.2, 0.25) is 5.91 Å². The van der Waals surface area contributed by atoms with Crippen molar-refractivity contribution < 1.29 is 33.5 Å². The molecule has 5 aromatic rings. The Morgan fingerprint density at radius 3 is 2.14 bits per heavy atom. The van der Waals surface area contributed by atoms with Crippen LogP contribution in [-0.2, 0) is 28.9 Å². The van der Waals surface area contributed by atoms with E-state index in [9.17, 15) is 20.3 Å². The van der Waals surface area contributed by atoms with Crippen LogP contribution in [0.15, 0.2) is 91.5 Å². The Morgan fingerprint density at radius 1 is 0.964 bits per heavy atom. The zero-order valence-corrected chi connectivity index (χ0v) is 33.3. The minimum Gasteiger partial charge on any atom is -0.508 e. The van der Waals surface area contributed by atoms with Gasteiger partial charge >= 0.3 is 0 Å². The second-order valence-corrected chi connectivity index (χ2v) is 15.5. The maximum atomic E-state index is 12.3. The fourth-order valence-corrected chi connectivity index (χ4v) is 8.77. The van der Waals surface area contributed by atoms with Gasteiger partial charge in [-0.1, -0.05) is 54.6 Å². The van der Waals surface area contributed by atoms with Crippen LogP contribution in [0.25, 0.3) is 11.2 Å². The van der Waals surface area contributed by atoms with Crippen molar-refractivity contribution in [3.05, 3.63) is 108 Å². The molecule has 1 aliphatic rings. The second kappa shape index (κ2) is 17.9. The quantitative estimate of drug-likeness (QED) is 0.0589. The van der Waals surface area contributed by atoms with Crippen molar-refractivity contribution >= 4 is 31.4 Å². The molecule has 1 unspecified atom stereocenters. The Bertz CT molecular complexity index is 2060. The van der Waals surface area contributed by atoms with Gasteiger partial charge in [-0.15, -0.1) is 0 Å². The van der Waals surface area contributed by atoms with Crippen molar-refractivity contribution in [2.45, 2.75) is 83.6 Å². The minimum absolute atomic E-state index is 0.0302. The normalized spacial score (nSPS) is 17.8. The van der Waals surface area contributed by atoms with Crippen LogP contribution in [0.2, 0.25) is 0 Å². The van der Waals surface area contributed by atoms with Gasteiger partial charge in [-0.2, -0.15) is 5.26 Å². The topological polar surface area (TPSA) is 168 Å². The van der Waals surface area contributed by atoms with Crippen molar-refractivity contribution in [3.8, 4) is 17.6 Å². The van der Waals surface area contributed by atoms with Crippen LogP contribution in [0.3, 0.4) is 0 Å². The Morgan fingerprint density at radius 2 is 1.57 bits per heavy atom. The highest BCUT2D eigenvalue weighted by atomic mass is 31.2. The number of benzene rings is 3. The molecule has 0 radical (unpaired) electrons. The van der Waals surface area contributed by atoms with Gasteiger partial charge in [-0.05, 0) is 68.7 Å². The second-order valence-electron chi connectivity index (χ2n) is 14.1. The van der Waals surface area contributed by atoms with E-state index in [0.717, 1.165) is 16.7 Å². The number of fused-ring (bicyclic) bond motifs is 1. The van der Waals surface area contributed by atoms with E-state index >= 15 is 0 Å². The van der Waals surface area contributed by atoms with Gasteiger partial charge in [0.05, 0.1) is 38.1 Å². The van der Waals surface area contributed by atoms with Crippen molar-refractivity contribution in [1.29, 1.82) is 5.26 Å². The molecule has 1 saturated heterocycles. The first-order valence-electron chi connectivity index (χ1n) is 18.5. The van der Waals surface area contributed by atoms with Crippen molar-refractivity contribution in [1.82, 2.24) is 24.2 Å². The molecule has 14 nitrogen and oxygen atoms in total. The number of rotatable bonds is 16. The van der Waals surface area contributed by atoms with Gasteiger partial charge in [0.1, 0.15) is 35.8 Å². The largest absolute Gasteiger partial charge is 0.508 e. The number of nitrogens with zero attached hydrogens (tertiary/aromatic N) is 7. The lowest BCUT2D eigenvalue weighted by Gasteiger charge is -2.39. The molecule has 6 rings (SSSR count). The number of nitriles is 1. The first-order valence-corrected chi connectivity index (χ1v) is 19.7. The zero-order chi connectivity index (χ0) is 40.0. The van der Waals surface area contributed by atoms with E-state index in [4.69, 9.17) is 18.5 Å². The van der Waals surface area contributed by atoms with Crippen LogP contribution < -0.4 is 4.90 Å². The number of imidazole rings is 1. The molecular formula is C41H48N7O7P. The van der Waals surface area contributed by atoms with Gasteiger partial charge < -0.3 is 28.7 Å². The first-order chi connectivity index (χ1) is 26.9. The lowest BCUT2D eigenvalue weighted by molar-refractivity contribution is -0.116. The molecule has 0 spiro atoms. The number of hydrogen-bond acceptors (Lipinski definition) is 12. The number of carbonyl (C=O) groups is 1. The molecule has 2 aromatic heterocycles. The number of carbonyl (C=O) groups excluding carboxylic acids is 1. The van der Waals surface area contributed by atoms with E-state index in [-0.39, 0.29) is 49.1 Å². The number of amides is 1. The fourth-order valence-electron chi connectivity index (χ4n) is 7.01. The number of phenolic OH excluding ortho intramolecular Hbond substituents is 2. The van der Waals surface area contributed by atoms with Crippen molar-refractivity contribution in [3.63, 3.8) is 0 Å². The molecule has 3 heterocycles. The molecule has 2 N–H and O–H groups in total. The fraction of sp³-hybridized carbons (Fsp3) is 0.390. The Kier molecular flexibility index (Phi) is 13.0. The predicted molar refractivity (Wildman–Crippen MR) is 212 cm³/mol. The van der Waals surface area contributed by atoms with Crippen LogP contribution in [0, 0.1) is 11.3 Å². The number of aromatic nitrogens is 4. The predicted octanol–water partition coefficient (Wildman–Crippen LogP) is 7.18. The van der Waals surface area contributed by atoms with Gasteiger partial charge in [0.25, 0.3) is 8.53 Å². The Balaban J connectivity index is 1.43. The minimum atomic E-state index is -1.67. The third kappa shape index (κ3) is 8.54. The summed E-state index contributed by atoms with van der Waals surface area (Å²) >= 11 is 0. The highest BCUT2D eigenvalue weighted by Crippen LogP contribution is 2.51. The summed E-state index contributed by atoms with van der Waals surface area (Å²) in [5.74, 6) is 0.392. The summed E-state index contributed by atoms with van der Waals surface area (Å²) in [6, 6.07) is 25.8. The van der Waals surface area contributed by atoms with E-state index in [0.29, 0.717) is 23.4 Å². The van der Waals surface area contributed by atoms with E-state index in [1.54, 1.807) is 37.6 Å². The smallest absolute Gasteiger partial charge is 0.259 e. The molecule has 1 aliphatic heterocycles. The van der Waals surface area contributed by atoms with Gasteiger partial charge in [-0.3, -0.25) is 14.3 Å². The number of anilines is 1. The number of ether oxygens (including phenoxy) is 2. The highest BCUT2D eigenvalue weighted by molar-refractivity contribution is 7.44. The maximum Gasteiger partial charge on any atom is 0.259 e. The van der Waals surface area contributed by atoms with E-state index in [1.165, 1.54) is 18.2 Å². The summed E-state index contributed by atoms with van der Waals surface area (Å²) < 4.78 is 31.4. The lowest BCUT2D eigenvalue weighted by Crippen LogP contribution is -2.39. The van der Waals surface area contributed by atoms with E-state index < -0.39 is 32.6 Å². The summed E-state index contributed by atoms with van der Waals surface area (Å²) in [5, 5.41) is 30.0. The van der Waals surface area contributed by atoms with Gasteiger partial charge in [0, 0.05) is 32.5 Å². The molecule has 1 amide bonds. The van der Waals surface area contributed by atoms with Crippen molar-refractivity contribution in [2.24, 2.45) is 0 Å². The standard InChI is InChI=1S/C41H48N7O7P/c1-27(2)48(28(3)4)56(53-22-10-21-42)55-35-23-37(47-26-45-38-39(46(6)29(5)49)43-25-44-40(38)47)54-36(35)24-52-41(30-11-8-7-9-12-30,31-13-17-33(50)18-14-31)32-15-19-34(51)20-16-32/h7-9,11-20,25-28,35-37,50-51H,10,22-24H2,1-6H3/t35-,36+,37+,56?/m0/s1. The molecule has 0 saturated carbocycles. The number of phenols is 2. The number of aromatic hydroxyl groups is 2. The third-order valence-corrected chi connectivity index (χ3v) is 11.9. The maximum absolute atomic E-state index is 12.3. The van der Waals surface area contributed by atoms with Crippen LogP contribution in [-0.4, -0.2) is 84.9 Å².